The minimum absolute atomic E-state index is 0.0291. The highest BCUT2D eigenvalue weighted by atomic mass is 32.2. The summed E-state index contributed by atoms with van der Waals surface area (Å²) in [5.74, 6) is 2.13. The molecule has 2 rings (SSSR count). The average molecular weight is 467 g/mol. The molecule has 8 nitrogen and oxygen atoms in total. The van der Waals surface area contributed by atoms with E-state index < -0.39 is 20.0 Å². The molecule has 0 saturated heterocycles. The maximum atomic E-state index is 13.3. The number of carbonyl (C=O) groups excluding carboxylic acids is 1. The standard InChI is InChI=1S/C21H26N2O6S2/c1-4-14-30(25,26)22-21-9-7-6-8-17(21)15-23(18(5-2)16-24)31(27,28)20-12-10-19(29-3)11-13-20/h6-13,22H,4-5,14-15H2,1-3H3. The van der Waals surface area contributed by atoms with Crippen LogP contribution in [0, 0.1) is 0 Å². The van der Waals surface area contributed by atoms with E-state index in [0.29, 0.717) is 17.7 Å². The summed E-state index contributed by atoms with van der Waals surface area (Å²) < 4.78 is 59.7. The number of rotatable bonds is 11. The van der Waals surface area contributed by atoms with Crippen LogP contribution in [0.4, 0.5) is 5.69 Å². The predicted octanol–water partition coefficient (Wildman–Crippen LogP) is 3.16. The van der Waals surface area contributed by atoms with Gasteiger partial charge in [0.05, 0.1) is 30.0 Å². The molecule has 0 fully saturated rings. The molecular weight excluding hydrogens is 440 g/mol. The molecule has 1 N–H and O–H groups in total. The molecule has 2 aromatic carbocycles. The van der Waals surface area contributed by atoms with Gasteiger partial charge in [0.2, 0.25) is 10.0 Å². The first kappa shape index (κ1) is 24.5. The molecule has 0 heterocycles. The van der Waals surface area contributed by atoms with Crippen LogP contribution in [0.2, 0.25) is 0 Å². The Morgan fingerprint density at radius 3 is 2.23 bits per heavy atom. The van der Waals surface area contributed by atoms with Crippen LogP contribution in [0.5, 0.6) is 5.75 Å². The quantitative estimate of drug-likeness (QED) is 0.510. The van der Waals surface area contributed by atoms with Gasteiger partial charge in [-0.15, -0.1) is 0 Å². The number of ether oxygens (including phenoxy) is 1. The number of methoxy groups -OCH3 is 1. The van der Waals surface area contributed by atoms with Crippen LogP contribution >= 0.6 is 0 Å². The fourth-order valence-electron chi connectivity index (χ4n) is 2.90. The summed E-state index contributed by atoms with van der Waals surface area (Å²) in [7, 11) is -6.23. The Kier molecular flexibility index (Phi) is 8.27. The third-order valence-electron chi connectivity index (χ3n) is 4.47. The lowest BCUT2D eigenvalue weighted by molar-refractivity contribution is 0.414. The van der Waals surface area contributed by atoms with E-state index in [1.54, 1.807) is 44.1 Å². The second-order valence-electron chi connectivity index (χ2n) is 6.67. The first-order valence-corrected chi connectivity index (χ1v) is 12.8. The maximum Gasteiger partial charge on any atom is 0.264 e. The maximum absolute atomic E-state index is 13.3. The number of allylic oxidation sites excluding steroid dienone is 1. The van der Waals surface area contributed by atoms with Crippen LogP contribution < -0.4 is 9.46 Å². The van der Waals surface area contributed by atoms with E-state index in [-0.39, 0.29) is 35.0 Å². The normalized spacial score (nSPS) is 11.5. The van der Waals surface area contributed by atoms with E-state index >= 15 is 0 Å². The van der Waals surface area contributed by atoms with Crippen LogP contribution in [0.25, 0.3) is 0 Å². The van der Waals surface area contributed by atoms with Crippen molar-refractivity contribution in [3.8, 4) is 5.75 Å². The van der Waals surface area contributed by atoms with Crippen LogP contribution in [-0.2, 0) is 31.4 Å². The Hall–Kier alpha value is -2.81. The third-order valence-corrected chi connectivity index (χ3v) is 7.75. The monoisotopic (exact) mass is 466 g/mol. The smallest absolute Gasteiger partial charge is 0.264 e. The van der Waals surface area contributed by atoms with Crippen LogP contribution in [-0.4, -0.2) is 39.9 Å². The van der Waals surface area contributed by atoms with E-state index in [1.165, 1.54) is 31.4 Å². The van der Waals surface area contributed by atoms with Gasteiger partial charge in [-0.05, 0) is 48.7 Å². The number of sulfonamides is 2. The summed E-state index contributed by atoms with van der Waals surface area (Å²) >= 11 is 0. The minimum Gasteiger partial charge on any atom is -0.497 e. The highest BCUT2D eigenvalue weighted by Crippen LogP contribution is 2.27. The van der Waals surface area contributed by atoms with Gasteiger partial charge >= 0.3 is 0 Å². The highest BCUT2D eigenvalue weighted by molar-refractivity contribution is 7.92. The van der Waals surface area contributed by atoms with Crippen molar-refractivity contribution in [2.75, 3.05) is 17.6 Å². The van der Waals surface area contributed by atoms with Gasteiger partial charge in [0, 0.05) is 0 Å². The number of nitrogens with zero attached hydrogens (tertiary/aromatic N) is 1. The van der Waals surface area contributed by atoms with Crippen molar-refractivity contribution in [2.45, 2.75) is 38.1 Å². The zero-order valence-corrected chi connectivity index (χ0v) is 19.3. The summed E-state index contributed by atoms with van der Waals surface area (Å²) in [6.45, 7) is 3.15. The molecule has 168 valence electrons. The molecule has 31 heavy (non-hydrogen) atoms. The first-order valence-electron chi connectivity index (χ1n) is 9.67. The molecule has 2 aromatic rings. The fraction of sp³-hybridized carbons (Fsp3) is 0.333. The molecular formula is C21H26N2O6S2. The molecule has 0 aliphatic rings. The van der Waals surface area contributed by atoms with Gasteiger partial charge in [0.25, 0.3) is 10.0 Å². The number of hydrogen-bond acceptors (Lipinski definition) is 6. The van der Waals surface area contributed by atoms with Gasteiger partial charge in [-0.1, -0.05) is 32.0 Å². The lowest BCUT2D eigenvalue weighted by Gasteiger charge is -2.25. The van der Waals surface area contributed by atoms with E-state index in [9.17, 15) is 21.6 Å². The Morgan fingerprint density at radius 1 is 1.03 bits per heavy atom. The Morgan fingerprint density at radius 2 is 1.68 bits per heavy atom. The van der Waals surface area contributed by atoms with Crippen LogP contribution in [0.1, 0.15) is 32.3 Å². The summed E-state index contributed by atoms with van der Waals surface area (Å²) in [5.41, 5.74) is 0.592. The Balaban J connectivity index is 2.51. The van der Waals surface area contributed by atoms with Gasteiger partial charge in [0.15, 0.2) is 0 Å². The molecule has 0 amide bonds. The van der Waals surface area contributed by atoms with Crippen LogP contribution in [0.15, 0.2) is 59.1 Å². The highest BCUT2D eigenvalue weighted by Gasteiger charge is 2.28. The minimum atomic E-state index is -4.12. The van der Waals surface area contributed by atoms with E-state index in [4.69, 9.17) is 4.74 Å². The zero-order chi connectivity index (χ0) is 23.1. The van der Waals surface area contributed by atoms with Crippen molar-refractivity contribution in [2.24, 2.45) is 0 Å². The van der Waals surface area contributed by atoms with Gasteiger partial charge < -0.3 is 4.74 Å². The molecule has 0 aliphatic carbocycles. The van der Waals surface area contributed by atoms with Crippen molar-refractivity contribution in [3.05, 3.63) is 59.8 Å². The molecule has 0 aromatic heterocycles. The van der Waals surface area contributed by atoms with E-state index in [2.05, 4.69) is 4.72 Å². The molecule has 0 spiro atoms. The second kappa shape index (κ2) is 10.5. The van der Waals surface area contributed by atoms with E-state index in [1.807, 2.05) is 0 Å². The largest absolute Gasteiger partial charge is 0.497 e. The van der Waals surface area contributed by atoms with E-state index in [0.717, 1.165) is 4.31 Å². The lowest BCUT2D eigenvalue weighted by Crippen LogP contribution is -2.31. The molecule has 0 radical (unpaired) electrons. The molecule has 0 bridgehead atoms. The van der Waals surface area contributed by atoms with Gasteiger partial charge in [-0.25, -0.2) is 21.6 Å². The topological polar surface area (TPSA) is 110 Å². The van der Waals surface area contributed by atoms with Gasteiger partial charge in [-0.2, -0.15) is 0 Å². The van der Waals surface area contributed by atoms with Crippen molar-refractivity contribution >= 4 is 31.7 Å². The average Bonchev–Trinajstić information content (AvgIpc) is 2.74. The zero-order valence-electron chi connectivity index (χ0n) is 17.7. The third kappa shape index (κ3) is 6.10. The number of benzene rings is 2. The molecule has 0 unspecified atom stereocenters. The summed E-state index contributed by atoms with van der Waals surface area (Å²) in [6.07, 6.45) is 0.561. The van der Waals surface area contributed by atoms with Gasteiger partial charge in [-0.3, -0.25) is 9.03 Å². The molecule has 10 heteroatoms. The fourth-order valence-corrected chi connectivity index (χ4v) is 5.57. The van der Waals surface area contributed by atoms with Gasteiger partial charge in [0.1, 0.15) is 17.4 Å². The van der Waals surface area contributed by atoms with Crippen molar-refractivity contribution in [1.29, 1.82) is 0 Å². The number of nitrogens with one attached hydrogen (secondary N) is 1. The summed E-state index contributed by atoms with van der Waals surface area (Å²) in [5, 5.41) is 0. The number of hydrogen-bond donors (Lipinski definition) is 1. The molecule has 0 saturated carbocycles. The number of para-hydroxylation sites is 1. The van der Waals surface area contributed by atoms with Crippen molar-refractivity contribution in [3.63, 3.8) is 0 Å². The Labute approximate surface area is 183 Å². The van der Waals surface area contributed by atoms with Crippen molar-refractivity contribution < 1.29 is 26.4 Å². The summed E-state index contributed by atoms with van der Waals surface area (Å²) in [4.78, 5) is 11.5. The number of anilines is 1. The van der Waals surface area contributed by atoms with Crippen molar-refractivity contribution in [1.82, 2.24) is 4.31 Å². The lowest BCUT2D eigenvalue weighted by atomic mass is 10.2. The SMILES string of the molecule is CCCS(=O)(=O)Nc1ccccc1CN(C(=C=O)CC)S(=O)(=O)c1ccc(OC)cc1. The van der Waals surface area contributed by atoms with Crippen LogP contribution in [0.3, 0.4) is 0 Å². The molecule has 0 aliphatic heterocycles. The second-order valence-corrected chi connectivity index (χ2v) is 10.4. The summed E-state index contributed by atoms with van der Waals surface area (Å²) in [6, 6.07) is 12.3. The molecule has 0 atom stereocenters. The Bertz CT molecular complexity index is 1150. The predicted molar refractivity (Wildman–Crippen MR) is 119 cm³/mol. The first-order chi connectivity index (χ1) is 14.7.